The van der Waals surface area contributed by atoms with Crippen LogP contribution in [0.25, 0.3) is 0 Å². The lowest BCUT2D eigenvalue weighted by molar-refractivity contribution is 0.432. The van der Waals surface area contributed by atoms with Crippen LogP contribution < -0.4 is 0 Å². The Balaban J connectivity index is 1.89. The van der Waals surface area contributed by atoms with Crippen LogP contribution in [0.15, 0.2) is 22.8 Å². The van der Waals surface area contributed by atoms with Crippen LogP contribution in [-0.4, -0.2) is 16.0 Å². The summed E-state index contributed by atoms with van der Waals surface area (Å²) in [6.45, 7) is 0. The Morgan fingerprint density at radius 1 is 1.31 bits per heavy atom. The number of rotatable bonds is 2. The van der Waals surface area contributed by atoms with Gasteiger partial charge < -0.3 is 4.98 Å². The van der Waals surface area contributed by atoms with Crippen molar-refractivity contribution in [2.24, 2.45) is 10.2 Å². The van der Waals surface area contributed by atoms with Crippen LogP contribution in [0.3, 0.4) is 0 Å². The summed E-state index contributed by atoms with van der Waals surface area (Å²) in [5.74, 6) is 0.755. The molecule has 0 unspecified atom stereocenters. The Morgan fingerprint density at radius 2 is 2.15 bits per heavy atom. The number of hydrogen-bond acceptors (Lipinski definition) is 3. The molecule has 1 saturated carbocycles. The first-order chi connectivity index (χ1) is 6.45. The summed E-state index contributed by atoms with van der Waals surface area (Å²) in [4.78, 5) is 6.78. The molecule has 0 spiro atoms. The van der Waals surface area contributed by atoms with E-state index in [1.54, 1.807) is 12.5 Å². The molecule has 1 fully saturated rings. The fourth-order valence-corrected chi connectivity index (χ4v) is 1.64. The second-order valence-electron chi connectivity index (χ2n) is 3.44. The summed E-state index contributed by atoms with van der Waals surface area (Å²) in [6.07, 6.45) is 9.65. The number of aromatic nitrogens is 2. The fourth-order valence-electron chi connectivity index (χ4n) is 1.64. The van der Waals surface area contributed by atoms with Gasteiger partial charge in [0.1, 0.15) is 0 Å². The second-order valence-corrected chi connectivity index (χ2v) is 3.44. The number of imidazole rings is 1. The third-order valence-corrected chi connectivity index (χ3v) is 2.39. The van der Waals surface area contributed by atoms with Gasteiger partial charge in [-0.15, -0.1) is 5.11 Å². The van der Waals surface area contributed by atoms with E-state index in [2.05, 4.69) is 20.2 Å². The molecule has 4 heteroatoms. The minimum Gasteiger partial charge on any atom is -0.328 e. The lowest BCUT2D eigenvalue weighted by atomic mass is 9.96. The number of nitrogens with one attached hydrogen (secondary N) is 1. The average molecular weight is 178 g/mol. The zero-order chi connectivity index (χ0) is 8.93. The van der Waals surface area contributed by atoms with Crippen LogP contribution in [0.1, 0.15) is 32.1 Å². The molecule has 0 radical (unpaired) electrons. The van der Waals surface area contributed by atoms with Gasteiger partial charge in [0.2, 0.25) is 0 Å². The van der Waals surface area contributed by atoms with Crippen molar-refractivity contribution in [2.45, 2.75) is 38.1 Å². The highest BCUT2D eigenvalue weighted by atomic mass is 15.2. The third kappa shape index (κ3) is 2.37. The lowest BCUT2D eigenvalue weighted by Crippen LogP contribution is -2.08. The predicted molar refractivity (Wildman–Crippen MR) is 50.0 cm³/mol. The molecule has 70 valence electrons. The molecule has 1 aliphatic carbocycles. The van der Waals surface area contributed by atoms with Gasteiger partial charge in [-0.1, -0.05) is 19.3 Å². The average Bonchev–Trinajstić information content (AvgIpc) is 2.69. The highest BCUT2D eigenvalue weighted by Gasteiger charge is 2.11. The molecular weight excluding hydrogens is 164 g/mol. The minimum absolute atomic E-state index is 0.442. The smallest absolute Gasteiger partial charge is 0.171 e. The molecule has 0 bridgehead atoms. The third-order valence-electron chi connectivity index (χ3n) is 2.39. The topological polar surface area (TPSA) is 53.4 Å². The van der Waals surface area contributed by atoms with Crippen molar-refractivity contribution >= 4 is 5.82 Å². The quantitative estimate of drug-likeness (QED) is 0.695. The Labute approximate surface area is 77.5 Å². The molecule has 0 atom stereocenters. The highest BCUT2D eigenvalue weighted by Crippen LogP contribution is 2.21. The Hall–Kier alpha value is -1.19. The van der Waals surface area contributed by atoms with Crippen LogP contribution >= 0.6 is 0 Å². The zero-order valence-corrected chi connectivity index (χ0v) is 7.61. The standard InChI is InChI=1S/C9H14N4/c1-2-4-8(5-3-1)12-13-9-6-10-7-11-9/h6-8H,1-5H2,(H,10,11)/b13-12+. The van der Waals surface area contributed by atoms with Crippen molar-refractivity contribution in [3.8, 4) is 0 Å². The van der Waals surface area contributed by atoms with Gasteiger partial charge in [-0.25, -0.2) is 4.98 Å². The SMILES string of the molecule is c1ncc(/N=N/C2CCCCC2)[nH]1. The van der Waals surface area contributed by atoms with Gasteiger partial charge in [-0.3, -0.25) is 0 Å². The van der Waals surface area contributed by atoms with Crippen LogP contribution in [0.5, 0.6) is 0 Å². The van der Waals surface area contributed by atoms with Gasteiger partial charge in [-0.2, -0.15) is 5.11 Å². The van der Waals surface area contributed by atoms with E-state index in [4.69, 9.17) is 0 Å². The molecule has 0 amide bonds. The second kappa shape index (κ2) is 4.16. The number of hydrogen-bond donors (Lipinski definition) is 1. The number of azo groups is 1. The number of H-pyrrole nitrogens is 1. The van der Waals surface area contributed by atoms with Crippen molar-refractivity contribution in [3.05, 3.63) is 12.5 Å². The summed E-state index contributed by atoms with van der Waals surface area (Å²) in [5, 5.41) is 8.38. The molecule has 1 aromatic rings. The maximum absolute atomic E-state index is 4.28. The maximum atomic E-state index is 4.28. The first kappa shape index (κ1) is 8.41. The molecule has 13 heavy (non-hydrogen) atoms. The van der Waals surface area contributed by atoms with Gasteiger partial charge in [-0.05, 0) is 12.8 Å². The highest BCUT2D eigenvalue weighted by molar-refractivity contribution is 5.19. The van der Waals surface area contributed by atoms with Crippen LogP contribution in [-0.2, 0) is 0 Å². The van der Waals surface area contributed by atoms with E-state index in [0.29, 0.717) is 6.04 Å². The Morgan fingerprint density at radius 3 is 2.85 bits per heavy atom. The van der Waals surface area contributed by atoms with E-state index in [-0.39, 0.29) is 0 Å². The van der Waals surface area contributed by atoms with E-state index in [1.807, 2.05) is 0 Å². The largest absolute Gasteiger partial charge is 0.328 e. The normalized spacial score (nSPS) is 19.7. The number of aromatic amines is 1. The summed E-state index contributed by atoms with van der Waals surface area (Å²) in [7, 11) is 0. The van der Waals surface area contributed by atoms with Gasteiger partial charge >= 0.3 is 0 Å². The zero-order valence-electron chi connectivity index (χ0n) is 7.61. The van der Waals surface area contributed by atoms with E-state index < -0.39 is 0 Å². The Bertz CT molecular complexity index is 259. The predicted octanol–water partition coefficient (Wildman–Crippen LogP) is 2.83. The summed E-state index contributed by atoms with van der Waals surface area (Å²) >= 11 is 0. The molecule has 1 aromatic heterocycles. The molecule has 0 aromatic carbocycles. The summed E-state index contributed by atoms with van der Waals surface area (Å²) in [5.41, 5.74) is 0. The molecule has 1 aliphatic rings. The van der Waals surface area contributed by atoms with Gasteiger partial charge in [0.25, 0.3) is 0 Å². The molecular formula is C9H14N4. The lowest BCUT2D eigenvalue weighted by Gasteiger charge is -2.15. The van der Waals surface area contributed by atoms with Crippen molar-refractivity contribution in [1.29, 1.82) is 0 Å². The molecule has 4 nitrogen and oxygen atoms in total. The van der Waals surface area contributed by atoms with Gasteiger partial charge in [0, 0.05) is 0 Å². The maximum Gasteiger partial charge on any atom is 0.171 e. The van der Waals surface area contributed by atoms with Gasteiger partial charge in [0.05, 0.1) is 18.6 Å². The van der Waals surface area contributed by atoms with Crippen molar-refractivity contribution in [3.63, 3.8) is 0 Å². The first-order valence-corrected chi connectivity index (χ1v) is 4.84. The summed E-state index contributed by atoms with van der Waals surface area (Å²) in [6, 6.07) is 0.442. The molecule has 1 N–H and O–H groups in total. The van der Waals surface area contributed by atoms with Crippen LogP contribution in [0, 0.1) is 0 Å². The molecule has 2 rings (SSSR count). The monoisotopic (exact) mass is 178 g/mol. The Kier molecular flexibility index (Phi) is 2.69. The van der Waals surface area contributed by atoms with E-state index in [1.165, 1.54) is 32.1 Å². The number of nitrogens with zero attached hydrogens (tertiary/aromatic N) is 3. The minimum atomic E-state index is 0.442. The van der Waals surface area contributed by atoms with Crippen molar-refractivity contribution < 1.29 is 0 Å². The summed E-state index contributed by atoms with van der Waals surface area (Å²) < 4.78 is 0. The van der Waals surface area contributed by atoms with Crippen LogP contribution in [0.2, 0.25) is 0 Å². The van der Waals surface area contributed by atoms with E-state index in [0.717, 1.165) is 5.82 Å². The fraction of sp³-hybridized carbons (Fsp3) is 0.667. The van der Waals surface area contributed by atoms with Crippen molar-refractivity contribution in [1.82, 2.24) is 9.97 Å². The molecule has 1 heterocycles. The van der Waals surface area contributed by atoms with E-state index in [9.17, 15) is 0 Å². The van der Waals surface area contributed by atoms with Crippen molar-refractivity contribution in [2.75, 3.05) is 0 Å². The molecule has 0 aliphatic heterocycles. The first-order valence-electron chi connectivity index (χ1n) is 4.84. The molecule has 0 saturated heterocycles. The van der Waals surface area contributed by atoms with E-state index >= 15 is 0 Å². The van der Waals surface area contributed by atoms with Crippen LogP contribution in [0.4, 0.5) is 5.82 Å². The van der Waals surface area contributed by atoms with Gasteiger partial charge in [0.15, 0.2) is 5.82 Å².